The molecular formula is C8H11N3O4S. The van der Waals surface area contributed by atoms with Gasteiger partial charge in [0.1, 0.15) is 0 Å². The molecule has 1 aromatic rings. The van der Waals surface area contributed by atoms with Gasteiger partial charge >= 0.3 is 5.97 Å². The molecule has 88 valence electrons. The highest BCUT2D eigenvalue weighted by molar-refractivity contribution is 7.89. The molecule has 0 bridgehead atoms. The minimum atomic E-state index is -3.73. The lowest BCUT2D eigenvalue weighted by Crippen LogP contribution is -2.36. The molecular weight excluding hydrogens is 234 g/mol. The third kappa shape index (κ3) is 2.99. The SMILES string of the molecule is CN(C)NS(=O)(=O)c1ccc(C(=O)O)cn1. The van der Waals surface area contributed by atoms with E-state index >= 15 is 0 Å². The smallest absolute Gasteiger partial charge is 0.337 e. The van der Waals surface area contributed by atoms with E-state index in [1.807, 2.05) is 0 Å². The fraction of sp³-hybridized carbons (Fsp3) is 0.250. The molecule has 1 aromatic heterocycles. The molecule has 1 rings (SSSR count). The van der Waals surface area contributed by atoms with Gasteiger partial charge in [-0.05, 0) is 12.1 Å². The average molecular weight is 245 g/mol. The second kappa shape index (κ2) is 4.56. The van der Waals surface area contributed by atoms with Crippen LogP contribution in [-0.2, 0) is 10.0 Å². The van der Waals surface area contributed by atoms with Crippen molar-refractivity contribution < 1.29 is 18.3 Å². The van der Waals surface area contributed by atoms with Crippen molar-refractivity contribution in [3.63, 3.8) is 0 Å². The van der Waals surface area contributed by atoms with Crippen LogP contribution in [0.5, 0.6) is 0 Å². The monoisotopic (exact) mass is 245 g/mol. The Balaban J connectivity index is 3.02. The maximum absolute atomic E-state index is 11.6. The maximum Gasteiger partial charge on any atom is 0.337 e. The summed E-state index contributed by atoms with van der Waals surface area (Å²) in [7, 11) is -0.696. The summed E-state index contributed by atoms with van der Waals surface area (Å²) in [6.45, 7) is 0. The first kappa shape index (κ1) is 12.6. The number of rotatable bonds is 4. The molecule has 0 aliphatic carbocycles. The Morgan fingerprint density at radius 2 is 2.06 bits per heavy atom. The van der Waals surface area contributed by atoms with Crippen LogP contribution >= 0.6 is 0 Å². The van der Waals surface area contributed by atoms with Crippen molar-refractivity contribution in [1.29, 1.82) is 0 Å². The Morgan fingerprint density at radius 3 is 2.44 bits per heavy atom. The highest BCUT2D eigenvalue weighted by atomic mass is 32.2. The lowest BCUT2D eigenvalue weighted by Gasteiger charge is -2.11. The predicted molar refractivity (Wildman–Crippen MR) is 55.2 cm³/mol. The van der Waals surface area contributed by atoms with Crippen molar-refractivity contribution in [3.05, 3.63) is 23.9 Å². The standard InChI is InChI=1S/C8H11N3O4S/c1-11(2)10-16(14,15)7-4-3-6(5-9-7)8(12)13/h3-5,10H,1-2H3,(H,12,13). The molecule has 7 nitrogen and oxygen atoms in total. The van der Waals surface area contributed by atoms with Gasteiger partial charge in [0.15, 0.2) is 5.03 Å². The number of aromatic nitrogens is 1. The Labute approximate surface area is 92.7 Å². The third-order valence-corrected chi connectivity index (χ3v) is 2.96. The molecule has 0 amide bonds. The number of hydrazine groups is 1. The molecule has 0 atom stereocenters. The molecule has 0 aromatic carbocycles. The number of carboxylic acid groups (broad SMARTS) is 1. The first-order chi connectivity index (χ1) is 7.33. The van der Waals surface area contributed by atoms with E-state index in [4.69, 9.17) is 5.11 Å². The van der Waals surface area contributed by atoms with Gasteiger partial charge < -0.3 is 5.11 Å². The number of carboxylic acids is 1. The number of aromatic carboxylic acids is 1. The van der Waals surface area contributed by atoms with Crippen LogP contribution in [0, 0.1) is 0 Å². The third-order valence-electron chi connectivity index (χ3n) is 1.56. The zero-order valence-electron chi connectivity index (χ0n) is 8.71. The number of nitrogens with one attached hydrogen (secondary N) is 1. The van der Waals surface area contributed by atoms with E-state index in [0.717, 1.165) is 12.3 Å². The molecule has 0 spiro atoms. The van der Waals surface area contributed by atoms with Gasteiger partial charge in [0, 0.05) is 20.3 Å². The number of pyridine rings is 1. The predicted octanol–water partition coefficient (Wildman–Crippen LogP) is -0.465. The van der Waals surface area contributed by atoms with E-state index in [0.29, 0.717) is 0 Å². The number of hydrogen-bond acceptors (Lipinski definition) is 5. The van der Waals surface area contributed by atoms with Crippen LogP contribution in [0.4, 0.5) is 0 Å². The largest absolute Gasteiger partial charge is 0.478 e. The van der Waals surface area contributed by atoms with E-state index in [1.54, 1.807) is 0 Å². The highest BCUT2D eigenvalue weighted by Gasteiger charge is 2.16. The normalized spacial score (nSPS) is 11.7. The van der Waals surface area contributed by atoms with Crippen molar-refractivity contribution in [3.8, 4) is 0 Å². The van der Waals surface area contributed by atoms with E-state index in [1.165, 1.54) is 25.2 Å². The molecule has 0 radical (unpaired) electrons. The van der Waals surface area contributed by atoms with Crippen molar-refractivity contribution in [1.82, 2.24) is 14.8 Å². The van der Waals surface area contributed by atoms with Crippen molar-refractivity contribution in [2.75, 3.05) is 14.1 Å². The van der Waals surface area contributed by atoms with Gasteiger partial charge in [-0.15, -0.1) is 4.83 Å². The summed E-state index contributed by atoms with van der Waals surface area (Å²) in [5.41, 5.74) is -0.0659. The van der Waals surface area contributed by atoms with Crippen LogP contribution in [0.3, 0.4) is 0 Å². The molecule has 0 saturated heterocycles. The number of carbonyl (C=O) groups is 1. The second-order valence-electron chi connectivity index (χ2n) is 3.18. The van der Waals surface area contributed by atoms with Crippen LogP contribution in [0.25, 0.3) is 0 Å². The number of sulfonamides is 1. The average Bonchev–Trinajstić information content (AvgIpc) is 2.16. The first-order valence-corrected chi connectivity index (χ1v) is 5.70. The van der Waals surface area contributed by atoms with Crippen LogP contribution in [0.1, 0.15) is 10.4 Å². The van der Waals surface area contributed by atoms with E-state index in [9.17, 15) is 13.2 Å². The summed E-state index contributed by atoms with van der Waals surface area (Å²) in [4.78, 5) is 16.3. The Bertz CT molecular complexity index is 481. The number of hydrogen-bond donors (Lipinski definition) is 2. The van der Waals surface area contributed by atoms with Gasteiger partial charge in [-0.3, -0.25) is 0 Å². The molecule has 0 saturated carbocycles. The summed E-state index contributed by atoms with van der Waals surface area (Å²) >= 11 is 0. The molecule has 0 unspecified atom stereocenters. The summed E-state index contributed by atoms with van der Waals surface area (Å²) in [5, 5.41) is 9.63. The van der Waals surface area contributed by atoms with Crippen LogP contribution in [-0.4, -0.2) is 43.6 Å². The minimum Gasteiger partial charge on any atom is -0.478 e. The van der Waals surface area contributed by atoms with Gasteiger partial charge in [0.2, 0.25) is 0 Å². The van der Waals surface area contributed by atoms with E-state index in [2.05, 4.69) is 9.82 Å². The molecule has 2 N–H and O–H groups in total. The van der Waals surface area contributed by atoms with Gasteiger partial charge in [0.05, 0.1) is 5.56 Å². The molecule has 0 fully saturated rings. The second-order valence-corrected chi connectivity index (χ2v) is 4.79. The van der Waals surface area contributed by atoms with E-state index < -0.39 is 16.0 Å². The Kier molecular flexibility index (Phi) is 3.58. The zero-order chi connectivity index (χ0) is 12.3. The van der Waals surface area contributed by atoms with Crippen LogP contribution < -0.4 is 4.83 Å². The van der Waals surface area contributed by atoms with Crippen LogP contribution in [0.15, 0.2) is 23.4 Å². The van der Waals surface area contributed by atoms with Crippen molar-refractivity contribution >= 4 is 16.0 Å². The molecule has 16 heavy (non-hydrogen) atoms. The lowest BCUT2D eigenvalue weighted by atomic mass is 10.3. The van der Waals surface area contributed by atoms with Crippen LogP contribution in [0.2, 0.25) is 0 Å². The van der Waals surface area contributed by atoms with Gasteiger partial charge in [0.25, 0.3) is 10.0 Å². The fourth-order valence-corrected chi connectivity index (χ4v) is 1.97. The number of nitrogens with zero attached hydrogens (tertiary/aromatic N) is 2. The minimum absolute atomic E-state index is 0.0659. The Morgan fingerprint density at radius 1 is 1.44 bits per heavy atom. The van der Waals surface area contributed by atoms with Gasteiger partial charge in [-0.2, -0.15) is 0 Å². The molecule has 1 heterocycles. The summed E-state index contributed by atoms with van der Waals surface area (Å²) < 4.78 is 23.1. The maximum atomic E-state index is 11.6. The zero-order valence-corrected chi connectivity index (χ0v) is 9.52. The lowest BCUT2D eigenvalue weighted by molar-refractivity contribution is 0.0696. The van der Waals surface area contributed by atoms with Crippen molar-refractivity contribution in [2.24, 2.45) is 0 Å². The topological polar surface area (TPSA) is 99.6 Å². The van der Waals surface area contributed by atoms with Gasteiger partial charge in [-0.25, -0.2) is 23.2 Å². The molecule has 0 aliphatic heterocycles. The molecule has 8 heteroatoms. The quantitative estimate of drug-likeness (QED) is 0.696. The highest BCUT2D eigenvalue weighted by Crippen LogP contribution is 2.06. The fourth-order valence-electron chi connectivity index (χ4n) is 0.953. The summed E-state index contributed by atoms with van der Waals surface area (Å²) in [6.07, 6.45) is 0.993. The first-order valence-electron chi connectivity index (χ1n) is 4.22. The van der Waals surface area contributed by atoms with E-state index in [-0.39, 0.29) is 10.6 Å². The molecule has 0 aliphatic rings. The summed E-state index contributed by atoms with van der Waals surface area (Å²) in [6, 6.07) is 2.31. The van der Waals surface area contributed by atoms with Crippen molar-refractivity contribution in [2.45, 2.75) is 5.03 Å². The van der Waals surface area contributed by atoms with Gasteiger partial charge in [-0.1, -0.05) is 0 Å². The summed E-state index contributed by atoms with van der Waals surface area (Å²) in [5.74, 6) is -1.16. The Hall–Kier alpha value is -1.51.